The Bertz CT molecular complexity index is 388. The van der Waals surface area contributed by atoms with Crippen LogP contribution in [0.1, 0.15) is 6.92 Å². The summed E-state index contributed by atoms with van der Waals surface area (Å²) in [5, 5.41) is 0. The number of ether oxygens (including phenoxy) is 2. The van der Waals surface area contributed by atoms with Crippen LogP contribution >= 0.6 is 0 Å². The van der Waals surface area contributed by atoms with E-state index < -0.39 is 11.9 Å². The minimum atomic E-state index is -0.625. The Hall–Kier alpha value is -2.04. The number of carbonyl (C=O) groups excluding carboxylic acids is 2. The van der Waals surface area contributed by atoms with Crippen molar-refractivity contribution in [2.75, 3.05) is 0 Å². The van der Waals surface area contributed by atoms with Crippen LogP contribution in [0.4, 0.5) is 0 Å². The molecule has 0 unspecified atom stereocenters. The van der Waals surface area contributed by atoms with Gasteiger partial charge in [0.15, 0.2) is 5.88 Å². The fraction of sp³-hybridized carbons (Fsp3) is 0.111. The first-order chi connectivity index (χ1) is 6.58. The molecule has 2 heterocycles. The molecular formula is C9H7NO4. The largest absolute Gasteiger partial charge is 0.428 e. The molecule has 2 aliphatic heterocycles. The van der Waals surface area contributed by atoms with Crippen LogP contribution in [0.3, 0.4) is 0 Å². The topological polar surface area (TPSA) is 78.6 Å². The van der Waals surface area contributed by atoms with Crippen LogP contribution in [0, 0.1) is 0 Å². The maximum absolute atomic E-state index is 11.2. The summed E-state index contributed by atoms with van der Waals surface area (Å²) < 4.78 is 9.33. The van der Waals surface area contributed by atoms with Gasteiger partial charge in [0, 0.05) is 6.08 Å². The zero-order valence-electron chi connectivity index (χ0n) is 7.37. The monoisotopic (exact) mass is 193 g/mol. The first-order valence-electron chi connectivity index (χ1n) is 3.92. The summed E-state index contributed by atoms with van der Waals surface area (Å²) >= 11 is 0. The maximum Gasteiger partial charge on any atom is 0.345 e. The molecule has 0 spiro atoms. The van der Waals surface area contributed by atoms with Gasteiger partial charge in [0.05, 0.1) is 11.1 Å². The number of esters is 2. The second-order valence-corrected chi connectivity index (χ2v) is 2.91. The van der Waals surface area contributed by atoms with Crippen molar-refractivity contribution in [3.8, 4) is 0 Å². The van der Waals surface area contributed by atoms with Crippen LogP contribution in [0.25, 0.3) is 0 Å². The Morgan fingerprint density at radius 1 is 1.07 bits per heavy atom. The number of allylic oxidation sites excluding steroid dienone is 1. The van der Waals surface area contributed by atoms with Crippen molar-refractivity contribution in [3.05, 3.63) is 34.9 Å². The van der Waals surface area contributed by atoms with E-state index >= 15 is 0 Å². The van der Waals surface area contributed by atoms with Crippen molar-refractivity contribution < 1.29 is 19.1 Å². The number of hydrogen-bond acceptors (Lipinski definition) is 5. The van der Waals surface area contributed by atoms with E-state index in [-0.39, 0.29) is 17.0 Å². The SMILES string of the molecule is CC1=C/C(=C2/C=C(N)OC2=O)C(=O)O1. The van der Waals surface area contributed by atoms with Crippen LogP contribution in [-0.4, -0.2) is 11.9 Å². The lowest BCUT2D eigenvalue weighted by atomic mass is 10.1. The Labute approximate surface area is 79.5 Å². The van der Waals surface area contributed by atoms with Crippen LogP contribution < -0.4 is 5.73 Å². The number of hydrogen-bond donors (Lipinski definition) is 1. The minimum absolute atomic E-state index is 0.0109. The van der Waals surface area contributed by atoms with Gasteiger partial charge in [0.2, 0.25) is 0 Å². The van der Waals surface area contributed by atoms with Gasteiger partial charge in [0.1, 0.15) is 5.76 Å². The molecule has 14 heavy (non-hydrogen) atoms. The highest BCUT2D eigenvalue weighted by atomic mass is 16.6. The molecule has 0 saturated carbocycles. The normalized spacial score (nSPS) is 25.8. The molecule has 5 nitrogen and oxygen atoms in total. The molecule has 0 aromatic rings. The van der Waals surface area contributed by atoms with Crippen LogP contribution in [0.2, 0.25) is 0 Å². The fourth-order valence-corrected chi connectivity index (χ4v) is 1.26. The minimum Gasteiger partial charge on any atom is -0.428 e. The summed E-state index contributed by atoms with van der Waals surface area (Å²) in [6, 6.07) is 0. The first-order valence-corrected chi connectivity index (χ1v) is 3.92. The smallest absolute Gasteiger partial charge is 0.345 e. The molecule has 5 heteroatoms. The van der Waals surface area contributed by atoms with E-state index in [9.17, 15) is 9.59 Å². The van der Waals surface area contributed by atoms with Gasteiger partial charge in [-0.15, -0.1) is 0 Å². The second-order valence-electron chi connectivity index (χ2n) is 2.91. The summed E-state index contributed by atoms with van der Waals surface area (Å²) in [6.07, 6.45) is 2.79. The van der Waals surface area contributed by atoms with Gasteiger partial charge in [-0.1, -0.05) is 0 Å². The van der Waals surface area contributed by atoms with Crippen molar-refractivity contribution in [1.29, 1.82) is 0 Å². The fourth-order valence-electron chi connectivity index (χ4n) is 1.26. The average Bonchev–Trinajstić information content (AvgIpc) is 2.55. The van der Waals surface area contributed by atoms with E-state index in [1.165, 1.54) is 12.2 Å². The standard InChI is InChI=1S/C9H7NO4/c1-4-2-5(8(11)13-4)6-3-7(10)14-9(6)12/h2-3H,10H2,1H3/b6-5+. The van der Waals surface area contributed by atoms with Crippen molar-refractivity contribution >= 4 is 11.9 Å². The third-order valence-electron chi connectivity index (χ3n) is 1.83. The molecule has 0 aromatic heterocycles. The number of cyclic esters (lactones) is 2. The molecule has 0 amide bonds. The van der Waals surface area contributed by atoms with Crippen molar-refractivity contribution in [1.82, 2.24) is 0 Å². The van der Waals surface area contributed by atoms with Gasteiger partial charge >= 0.3 is 11.9 Å². The molecule has 0 radical (unpaired) electrons. The molecule has 0 atom stereocenters. The number of rotatable bonds is 0. The predicted octanol–water partition coefficient (Wildman–Crippen LogP) is 0.100. The Balaban J connectivity index is 2.51. The van der Waals surface area contributed by atoms with E-state index in [0.717, 1.165) is 0 Å². The highest BCUT2D eigenvalue weighted by Gasteiger charge is 2.29. The van der Waals surface area contributed by atoms with Gasteiger partial charge in [0.25, 0.3) is 0 Å². The molecule has 72 valence electrons. The zero-order chi connectivity index (χ0) is 10.3. The third-order valence-corrected chi connectivity index (χ3v) is 1.83. The number of nitrogens with two attached hydrogens (primary N) is 1. The Morgan fingerprint density at radius 2 is 1.64 bits per heavy atom. The van der Waals surface area contributed by atoms with Crippen LogP contribution in [0.5, 0.6) is 0 Å². The second kappa shape index (κ2) is 2.73. The van der Waals surface area contributed by atoms with Gasteiger partial charge in [-0.05, 0) is 13.0 Å². The van der Waals surface area contributed by atoms with Crippen molar-refractivity contribution in [2.45, 2.75) is 6.92 Å². The van der Waals surface area contributed by atoms with Gasteiger partial charge in [-0.25, -0.2) is 9.59 Å². The van der Waals surface area contributed by atoms with E-state index in [0.29, 0.717) is 5.76 Å². The molecule has 2 rings (SSSR count). The zero-order valence-corrected chi connectivity index (χ0v) is 7.37. The lowest BCUT2D eigenvalue weighted by Gasteiger charge is -1.94. The summed E-state index contributed by atoms with van der Waals surface area (Å²) in [5.74, 6) is -0.742. The lowest BCUT2D eigenvalue weighted by Crippen LogP contribution is -2.06. The molecule has 2 N–H and O–H groups in total. The molecule has 0 aliphatic carbocycles. The Morgan fingerprint density at radius 3 is 2.07 bits per heavy atom. The quantitative estimate of drug-likeness (QED) is 0.436. The van der Waals surface area contributed by atoms with E-state index in [1.807, 2.05) is 0 Å². The maximum atomic E-state index is 11.2. The van der Waals surface area contributed by atoms with Crippen molar-refractivity contribution in [3.63, 3.8) is 0 Å². The lowest BCUT2D eigenvalue weighted by molar-refractivity contribution is -0.136. The predicted molar refractivity (Wildman–Crippen MR) is 45.2 cm³/mol. The average molecular weight is 193 g/mol. The molecule has 2 aliphatic rings. The van der Waals surface area contributed by atoms with Crippen LogP contribution in [-0.2, 0) is 19.1 Å². The molecule has 0 bridgehead atoms. The molecular weight excluding hydrogens is 186 g/mol. The Kier molecular flexibility index (Phi) is 1.67. The third kappa shape index (κ3) is 1.19. The molecule has 0 aromatic carbocycles. The summed E-state index contributed by atoms with van der Waals surface area (Å²) in [4.78, 5) is 22.4. The highest BCUT2D eigenvalue weighted by molar-refractivity contribution is 6.07. The van der Waals surface area contributed by atoms with E-state index in [4.69, 9.17) is 10.5 Å². The highest BCUT2D eigenvalue weighted by Crippen LogP contribution is 2.25. The number of carbonyl (C=O) groups is 2. The summed E-state index contributed by atoms with van der Waals surface area (Å²) in [7, 11) is 0. The van der Waals surface area contributed by atoms with Crippen LogP contribution in [0.15, 0.2) is 34.9 Å². The van der Waals surface area contributed by atoms with E-state index in [1.54, 1.807) is 6.92 Å². The molecule has 0 fully saturated rings. The van der Waals surface area contributed by atoms with Crippen molar-refractivity contribution in [2.24, 2.45) is 5.73 Å². The van der Waals surface area contributed by atoms with Gasteiger partial charge in [-0.2, -0.15) is 0 Å². The van der Waals surface area contributed by atoms with Gasteiger partial charge in [-0.3, -0.25) is 0 Å². The summed E-state index contributed by atoms with van der Waals surface area (Å²) in [6.45, 7) is 1.62. The summed E-state index contributed by atoms with van der Waals surface area (Å²) in [5.41, 5.74) is 5.61. The van der Waals surface area contributed by atoms with Gasteiger partial charge < -0.3 is 15.2 Å². The first kappa shape index (κ1) is 8.55. The molecule has 0 saturated heterocycles. The van der Waals surface area contributed by atoms with E-state index in [2.05, 4.69) is 4.74 Å².